The van der Waals surface area contributed by atoms with E-state index in [0.717, 1.165) is 5.56 Å². The quantitative estimate of drug-likeness (QED) is 0.857. The average Bonchev–Trinajstić information content (AvgIpc) is 2.46. The van der Waals surface area contributed by atoms with Crippen molar-refractivity contribution < 1.29 is 8.42 Å². The summed E-state index contributed by atoms with van der Waals surface area (Å²) in [5.74, 6) is 0.113. The number of sulfonamides is 1. The van der Waals surface area contributed by atoms with Gasteiger partial charge in [0.05, 0.1) is 0 Å². The molecule has 1 aromatic carbocycles. The van der Waals surface area contributed by atoms with E-state index in [-0.39, 0.29) is 22.0 Å². The summed E-state index contributed by atoms with van der Waals surface area (Å²) in [5, 5.41) is 0.261. The predicted molar refractivity (Wildman–Crippen MR) is 83.6 cm³/mol. The number of pyridine rings is 1. The maximum absolute atomic E-state index is 12.4. The van der Waals surface area contributed by atoms with Crippen LogP contribution in [-0.4, -0.2) is 13.4 Å². The maximum Gasteiger partial charge on any atom is 0.242 e. The molecule has 112 valence electrons. The third-order valence-electron chi connectivity index (χ3n) is 3.12. The second-order valence-electron chi connectivity index (χ2n) is 5.07. The molecule has 1 N–H and O–H groups in total. The molecule has 0 radical (unpaired) electrons. The second kappa shape index (κ2) is 6.56. The summed E-state index contributed by atoms with van der Waals surface area (Å²) in [6.07, 6.45) is 1.26. The molecule has 1 atom stereocenters. The summed E-state index contributed by atoms with van der Waals surface area (Å²) in [6, 6.07) is 12.1. The molecule has 0 fully saturated rings. The molecule has 0 unspecified atom stereocenters. The van der Waals surface area contributed by atoms with E-state index in [1.165, 1.54) is 18.3 Å². The van der Waals surface area contributed by atoms with E-state index in [0.29, 0.717) is 0 Å². The summed E-state index contributed by atoms with van der Waals surface area (Å²) in [4.78, 5) is 3.92. The summed E-state index contributed by atoms with van der Waals surface area (Å²) < 4.78 is 27.6. The molecule has 1 aromatic heterocycles. The summed E-state index contributed by atoms with van der Waals surface area (Å²) >= 11 is 5.69. The van der Waals surface area contributed by atoms with Gasteiger partial charge in [-0.2, -0.15) is 0 Å². The predicted octanol–water partition coefficient (Wildman–Crippen LogP) is 3.41. The number of nitrogens with one attached hydrogen (secondary N) is 1. The van der Waals surface area contributed by atoms with E-state index in [2.05, 4.69) is 9.71 Å². The van der Waals surface area contributed by atoms with E-state index in [1.807, 2.05) is 44.2 Å². The van der Waals surface area contributed by atoms with Crippen LogP contribution in [-0.2, 0) is 10.0 Å². The maximum atomic E-state index is 12.4. The zero-order chi connectivity index (χ0) is 15.5. The number of halogens is 1. The fourth-order valence-electron chi connectivity index (χ4n) is 2.01. The van der Waals surface area contributed by atoms with Crippen LogP contribution in [0.4, 0.5) is 0 Å². The van der Waals surface area contributed by atoms with E-state index in [1.54, 1.807) is 0 Å². The smallest absolute Gasteiger partial charge is 0.242 e. The Balaban J connectivity index is 2.30. The van der Waals surface area contributed by atoms with Crippen LogP contribution in [0.3, 0.4) is 0 Å². The van der Waals surface area contributed by atoms with Crippen molar-refractivity contribution in [3.63, 3.8) is 0 Å². The Bertz CT molecular complexity index is 685. The molecule has 0 aliphatic carbocycles. The van der Waals surface area contributed by atoms with Crippen LogP contribution in [0.2, 0.25) is 5.15 Å². The van der Waals surface area contributed by atoms with Crippen LogP contribution in [0.15, 0.2) is 53.6 Å². The Labute approximate surface area is 130 Å². The zero-order valence-corrected chi connectivity index (χ0v) is 13.4. The first-order chi connectivity index (χ1) is 9.90. The molecule has 1 heterocycles. The van der Waals surface area contributed by atoms with Crippen LogP contribution < -0.4 is 4.72 Å². The van der Waals surface area contributed by atoms with E-state index < -0.39 is 10.0 Å². The molecule has 0 amide bonds. The molecule has 0 aliphatic heterocycles. The Morgan fingerprint density at radius 2 is 1.76 bits per heavy atom. The lowest BCUT2D eigenvalue weighted by molar-refractivity contribution is 0.463. The highest BCUT2D eigenvalue weighted by Gasteiger charge is 2.24. The summed E-state index contributed by atoms with van der Waals surface area (Å²) in [5.41, 5.74) is 0.929. The second-order valence-corrected chi connectivity index (χ2v) is 7.17. The van der Waals surface area contributed by atoms with E-state index >= 15 is 0 Å². The number of hydrogen-bond donors (Lipinski definition) is 1. The van der Waals surface area contributed by atoms with Crippen molar-refractivity contribution >= 4 is 21.6 Å². The Hall–Kier alpha value is -1.43. The van der Waals surface area contributed by atoms with Gasteiger partial charge in [-0.25, -0.2) is 18.1 Å². The fourth-order valence-corrected chi connectivity index (χ4v) is 3.43. The molecule has 21 heavy (non-hydrogen) atoms. The standard InChI is InChI=1S/C15H17ClN2O2S/c1-11(2)15(12-6-4-3-5-7-12)18-21(19,20)13-8-9-14(16)17-10-13/h3-11,15,18H,1-2H3/t15-/m0/s1. The van der Waals surface area contributed by atoms with Gasteiger partial charge >= 0.3 is 0 Å². The van der Waals surface area contributed by atoms with Gasteiger partial charge in [0.2, 0.25) is 10.0 Å². The van der Waals surface area contributed by atoms with E-state index in [9.17, 15) is 8.42 Å². The van der Waals surface area contributed by atoms with E-state index in [4.69, 9.17) is 11.6 Å². The van der Waals surface area contributed by atoms with Crippen LogP contribution in [0.1, 0.15) is 25.5 Å². The van der Waals surface area contributed by atoms with Crippen molar-refractivity contribution in [3.05, 3.63) is 59.4 Å². The van der Waals surface area contributed by atoms with Crippen molar-refractivity contribution in [1.29, 1.82) is 0 Å². The molecule has 4 nitrogen and oxygen atoms in total. The first-order valence-corrected chi connectivity index (χ1v) is 8.45. The van der Waals surface area contributed by atoms with Gasteiger partial charge in [-0.05, 0) is 23.6 Å². The minimum absolute atomic E-state index is 0.105. The number of aromatic nitrogens is 1. The molecule has 0 saturated heterocycles. The largest absolute Gasteiger partial charge is 0.243 e. The van der Waals surface area contributed by atoms with Gasteiger partial charge in [0.1, 0.15) is 10.0 Å². The number of benzene rings is 1. The first kappa shape index (κ1) is 15.9. The van der Waals surface area contributed by atoms with Gasteiger partial charge in [-0.15, -0.1) is 0 Å². The Kier molecular flexibility index (Phi) is 4.98. The highest BCUT2D eigenvalue weighted by Crippen LogP contribution is 2.24. The van der Waals surface area contributed by atoms with Crippen LogP contribution in [0, 0.1) is 5.92 Å². The van der Waals surface area contributed by atoms with Crippen molar-refractivity contribution in [2.24, 2.45) is 5.92 Å². The molecule has 6 heteroatoms. The van der Waals surface area contributed by atoms with Crippen molar-refractivity contribution in [2.75, 3.05) is 0 Å². The zero-order valence-electron chi connectivity index (χ0n) is 11.8. The van der Waals surface area contributed by atoms with Gasteiger partial charge in [0, 0.05) is 12.2 Å². The van der Waals surface area contributed by atoms with Crippen molar-refractivity contribution in [1.82, 2.24) is 9.71 Å². The SMILES string of the molecule is CC(C)[C@H](NS(=O)(=O)c1ccc(Cl)nc1)c1ccccc1. The molecular formula is C15H17ClN2O2S. The highest BCUT2D eigenvalue weighted by molar-refractivity contribution is 7.89. The first-order valence-electron chi connectivity index (χ1n) is 6.59. The average molecular weight is 325 g/mol. The lowest BCUT2D eigenvalue weighted by atomic mass is 9.97. The van der Waals surface area contributed by atoms with Crippen molar-refractivity contribution in [2.45, 2.75) is 24.8 Å². The summed E-state index contributed by atoms with van der Waals surface area (Å²) in [7, 11) is -3.64. The minimum Gasteiger partial charge on any atom is -0.243 e. The van der Waals surface area contributed by atoms with Crippen molar-refractivity contribution in [3.8, 4) is 0 Å². The number of rotatable bonds is 5. The molecule has 2 rings (SSSR count). The lowest BCUT2D eigenvalue weighted by Gasteiger charge is -2.22. The summed E-state index contributed by atoms with van der Waals surface area (Å²) in [6.45, 7) is 3.95. The van der Waals surface area contributed by atoms with Crippen LogP contribution in [0.25, 0.3) is 0 Å². The van der Waals surface area contributed by atoms with Gasteiger partial charge in [-0.1, -0.05) is 55.8 Å². The Morgan fingerprint density at radius 3 is 2.29 bits per heavy atom. The monoisotopic (exact) mass is 324 g/mol. The molecule has 2 aromatic rings. The Morgan fingerprint density at radius 1 is 1.10 bits per heavy atom. The van der Waals surface area contributed by atoms with Gasteiger partial charge in [-0.3, -0.25) is 0 Å². The van der Waals surface area contributed by atoms with Gasteiger partial charge in [0.15, 0.2) is 0 Å². The topological polar surface area (TPSA) is 59.1 Å². The number of hydrogen-bond acceptors (Lipinski definition) is 3. The molecular weight excluding hydrogens is 308 g/mol. The molecule has 0 saturated carbocycles. The molecule has 0 aliphatic rings. The number of nitrogens with zero attached hydrogens (tertiary/aromatic N) is 1. The fraction of sp³-hybridized carbons (Fsp3) is 0.267. The highest BCUT2D eigenvalue weighted by atomic mass is 35.5. The molecule has 0 spiro atoms. The van der Waals surface area contributed by atoms with Gasteiger partial charge in [0.25, 0.3) is 0 Å². The third kappa shape index (κ3) is 4.03. The van der Waals surface area contributed by atoms with Crippen LogP contribution >= 0.6 is 11.6 Å². The lowest BCUT2D eigenvalue weighted by Crippen LogP contribution is -2.31. The van der Waals surface area contributed by atoms with Crippen LogP contribution in [0.5, 0.6) is 0 Å². The molecule has 0 bridgehead atoms. The third-order valence-corrected chi connectivity index (χ3v) is 4.77. The normalized spacial score (nSPS) is 13.3. The van der Waals surface area contributed by atoms with Gasteiger partial charge < -0.3 is 0 Å². The minimum atomic E-state index is -3.64.